The Morgan fingerprint density at radius 1 is 0.929 bits per heavy atom. The van der Waals surface area contributed by atoms with E-state index in [9.17, 15) is 9.59 Å². The molecule has 3 heterocycles. The van der Waals surface area contributed by atoms with E-state index in [4.69, 9.17) is 9.72 Å². The van der Waals surface area contributed by atoms with Crippen molar-refractivity contribution in [1.29, 1.82) is 0 Å². The molecular formula is C34H50N4O3S. The largest absolute Gasteiger partial charge is 0.444 e. The van der Waals surface area contributed by atoms with Crippen LogP contribution in [0.4, 0.5) is 4.79 Å². The van der Waals surface area contributed by atoms with Crippen LogP contribution < -0.4 is 0 Å². The maximum Gasteiger partial charge on any atom is 0.410 e. The first kappa shape index (κ1) is 31.0. The lowest BCUT2D eigenvalue weighted by Crippen LogP contribution is -2.50. The fourth-order valence-electron chi connectivity index (χ4n) is 6.62. The highest BCUT2D eigenvalue weighted by Crippen LogP contribution is 2.47. The lowest BCUT2D eigenvalue weighted by atomic mass is 9.63. The van der Waals surface area contributed by atoms with E-state index in [0.29, 0.717) is 25.4 Å². The summed E-state index contributed by atoms with van der Waals surface area (Å²) in [5, 5.41) is 3.43. The Labute approximate surface area is 256 Å². The Morgan fingerprint density at radius 2 is 1.57 bits per heavy atom. The first-order chi connectivity index (χ1) is 19.7. The van der Waals surface area contributed by atoms with Crippen molar-refractivity contribution in [2.45, 2.75) is 103 Å². The molecule has 0 spiro atoms. The number of rotatable bonds is 5. The second-order valence-electron chi connectivity index (χ2n) is 14.8. The number of thiazole rings is 1. The van der Waals surface area contributed by atoms with Crippen LogP contribution >= 0.6 is 11.3 Å². The van der Waals surface area contributed by atoms with Crippen LogP contribution in [0, 0.1) is 0 Å². The number of piperidine rings is 1. The zero-order chi connectivity index (χ0) is 30.3. The van der Waals surface area contributed by atoms with Crippen LogP contribution in [0.25, 0.3) is 11.3 Å². The van der Waals surface area contributed by atoms with Crippen LogP contribution in [0.1, 0.15) is 103 Å². The molecule has 2 saturated heterocycles. The molecule has 3 aliphatic rings. The molecule has 0 bridgehead atoms. The normalized spacial score (nSPS) is 21.2. The molecule has 230 valence electrons. The molecule has 1 aromatic heterocycles. The summed E-state index contributed by atoms with van der Waals surface area (Å²) in [5.74, 6) is 0.657. The average Bonchev–Trinajstić information content (AvgIpc) is 3.44. The highest BCUT2D eigenvalue weighted by molar-refractivity contribution is 7.10. The minimum atomic E-state index is -0.480. The van der Waals surface area contributed by atoms with Crippen LogP contribution in [0.5, 0.6) is 0 Å². The average molecular weight is 595 g/mol. The van der Waals surface area contributed by atoms with E-state index in [1.54, 1.807) is 16.2 Å². The van der Waals surface area contributed by atoms with Crippen LogP contribution in [0.2, 0.25) is 0 Å². The van der Waals surface area contributed by atoms with Gasteiger partial charge in [-0.1, -0.05) is 39.8 Å². The number of fused-ring (bicyclic) bond motifs is 1. The number of nitrogens with zero attached hydrogens (tertiary/aromatic N) is 4. The third-order valence-electron chi connectivity index (χ3n) is 9.53. The van der Waals surface area contributed by atoms with Gasteiger partial charge in [-0.25, -0.2) is 9.78 Å². The zero-order valence-electron chi connectivity index (χ0n) is 26.8. The van der Waals surface area contributed by atoms with Gasteiger partial charge in [0.25, 0.3) is 0 Å². The number of hydrogen-bond acceptors (Lipinski definition) is 6. The van der Waals surface area contributed by atoms with E-state index in [1.165, 1.54) is 34.5 Å². The van der Waals surface area contributed by atoms with Crippen molar-refractivity contribution in [3.05, 3.63) is 39.7 Å². The summed E-state index contributed by atoms with van der Waals surface area (Å²) in [6.45, 7) is 20.3. The van der Waals surface area contributed by atoms with Crippen molar-refractivity contribution in [3.63, 3.8) is 0 Å². The van der Waals surface area contributed by atoms with Crippen molar-refractivity contribution < 1.29 is 14.3 Å². The summed E-state index contributed by atoms with van der Waals surface area (Å²) in [5.41, 5.74) is 5.20. The molecule has 0 atom stereocenters. The quantitative estimate of drug-likeness (QED) is 0.381. The first-order valence-corrected chi connectivity index (χ1v) is 16.7. The van der Waals surface area contributed by atoms with Gasteiger partial charge in [0.15, 0.2) is 0 Å². The molecule has 42 heavy (non-hydrogen) atoms. The zero-order valence-corrected chi connectivity index (χ0v) is 27.6. The Hall–Kier alpha value is -2.45. The van der Waals surface area contributed by atoms with E-state index in [1.807, 2.05) is 25.7 Å². The van der Waals surface area contributed by atoms with Gasteiger partial charge in [-0.2, -0.15) is 0 Å². The maximum atomic E-state index is 13.0. The minimum Gasteiger partial charge on any atom is -0.444 e. The predicted molar refractivity (Wildman–Crippen MR) is 170 cm³/mol. The summed E-state index contributed by atoms with van der Waals surface area (Å²) < 4.78 is 5.49. The molecule has 0 unspecified atom stereocenters. The molecular weight excluding hydrogens is 544 g/mol. The smallest absolute Gasteiger partial charge is 0.410 e. The third kappa shape index (κ3) is 7.02. The Morgan fingerprint density at radius 3 is 2.21 bits per heavy atom. The molecule has 0 saturated carbocycles. The van der Waals surface area contributed by atoms with Gasteiger partial charge in [-0.15, -0.1) is 11.3 Å². The topological polar surface area (TPSA) is 66.0 Å². The number of benzene rings is 1. The van der Waals surface area contributed by atoms with E-state index in [-0.39, 0.29) is 22.8 Å². The van der Waals surface area contributed by atoms with Crippen LogP contribution in [0.3, 0.4) is 0 Å². The highest BCUT2D eigenvalue weighted by Gasteiger charge is 2.37. The van der Waals surface area contributed by atoms with Gasteiger partial charge in [-0.05, 0) is 74.5 Å². The number of ether oxygens (including phenoxy) is 1. The number of amides is 2. The Kier molecular flexibility index (Phi) is 8.79. The number of likely N-dealkylation sites (tertiary alicyclic amines) is 1. The number of hydrogen-bond donors (Lipinski definition) is 0. The van der Waals surface area contributed by atoms with Crippen molar-refractivity contribution in [1.82, 2.24) is 19.7 Å². The van der Waals surface area contributed by atoms with E-state index < -0.39 is 5.60 Å². The molecule has 2 aromatic rings. The summed E-state index contributed by atoms with van der Waals surface area (Å²) in [6, 6.07) is 7.00. The predicted octanol–water partition coefficient (Wildman–Crippen LogP) is 6.81. The Bertz CT molecular complexity index is 1280. The Balaban J connectivity index is 1.10. The summed E-state index contributed by atoms with van der Waals surface area (Å²) in [6.07, 6.45) is 4.66. The molecule has 0 N–H and O–H groups in total. The van der Waals surface area contributed by atoms with Crippen LogP contribution in [0.15, 0.2) is 23.6 Å². The van der Waals surface area contributed by atoms with E-state index in [0.717, 1.165) is 51.3 Å². The van der Waals surface area contributed by atoms with Crippen molar-refractivity contribution in [2.24, 2.45) is 0 Å². The third-order valence-corrected chi connectivity index (χ3v) is 10.5. The molecule has 8 heteroatoms. The van der Waals surface area contributed by atoms with Gasteiger partial charge < -0.3 is 14.5 Å². The second kappa shape index (κ2) is 11.9. The molecule has 5 rings (SSSR count). The van der Waals surface area contributed by atoms with Crippen molar-refractivity contribution in [3.8, 4) is 11.3 Å². The fraction of sp³-hybridized carbons (Fsp3) is 0.676. The number of aromatic nitrogens is 1. The van der Waals surface area contributed by atoms with Gasteiger partial charge in [0.2, 0.25) is 5.91 Å². The molecule has 2 amide bonds. The van der Waals surface area contributed by atoms with E-state index >= 15 is 0 Å². The molecule has 7 nitrogen and oxygen atoms in total. The van der Waals surface area contributed by atoms with Crippen LogP contribution in [-0.2, 0) is 20.4 Å². The highest BCUT2D eigenvalue weighted by atomic mass is 32.1. The van der Waals surface area contributed by atoms with Gasteiger partial charge in [0.05, 0.1) is 10.7 Å². The van der Waals surface area contributed by atoms with Crippen LogP contribution in [-0.4, -0.2) is 83.1 Å². The van der Waals surface area contributed by atoms with E-state index in [2.05, 4.69) is 56.2 Å². The number of piperazine rings is 1. The summed E-state index contributed by atoms with van der Waals surface area (Å²) in [7, 11) is 0. The maximum absolute atomic E-state index is 13.0. The van der Waals surface area contributed by atoms with Gasteiger partial charge in [-0.3, -0.25) is 9.69 Å². The number of carbonyl (C=O) groups excluding carboxylic acids is 2. The monoisotopic (exact) mass is 594 g/mol. The molecule has 1 aromatic carbocycles. The first-order valence-electron chi connectivity index (χ1n) is 15.8. The van der Waals surface area contributed by atoms with Crippen molar-refractivity contribution >= 4 is 23.3 Å². The molecule has 2 fully saturated rings. The summed E-state index contributed by atoms with van der Waals surface area (Å²) >= 11 is 1.77. The van der Waals surface area contributed by atoms with Gasteiger partial charge >= 0.3 is 6.09 Å². The van der Waals surface area contributed by atoms with Crippen molar-refractivity contribution in [2.75, 3.05) is 45.8 Å². The molecule has 1 aliphatic carbocycles. The molecule has 0 radical (unpaired) electrons. The summed E-state index contributed by atoms with van der Waals surface area (Å²) in [4.78, 5) is 36.5. The lowest BCUT2D eigenvalue weighted by Gasteiger charge is -2.42. The lowest BCUT2D eigenvalue weighted by molar-refractivity contribution is -0.132. The fourth-order valence-corrected chi connectivity index (χ4v) is 7.62. The second-order valence-corrected chi connectivity index (χ2v) is 15.7. The standard InChI is InChI=1S/C34H50N4O3S/c1-32(2,3)41-31(40)38-20-18-36(19-21-38)15-12-29(39)37-16-10-24(11-17-37)30-35-28(23-42-30)25-8-9-26-27(22-25)34(6,7)14-13-33(26,4)5/h8-9,22-24H,10-21H2,1-7H3. The number of carbonyl (C=O) groups is 2. The molecule has 2 aliphatic heterocycles. The minimum absolute atomic E-state index is 0.188. The van der Waals surface area contributed by atoms with Gasteiger partial charge in [0.1, 0.15) is 5.60 Å². The van der Waals surface area contributed by atoms with Gasteiger partial charge in [0, 0.05) is 69.1 Å². The SMILES string of the molecule is CC(C)(C)OC(=O)N1CCN(CCC(=O)N2CCC(c3nc(-c4ccc5c(c4)C(C)(C)CCC5(C)C)cs3)CC2)CC1.